The molecule has 0 radical (unpaired) electrons. The van der Waals surface area contributed by atoms with E-state index in [9.17, 15) is 0 Å². The Morgan fingerprint density at radius 2 is 1.72 bits per heavy atom. The number of piperidine rings is 1. The molecule has 0 unspecified atom stereocenters. The van der Waals surface area contributed by atoms with E-state index in [0.717, 1.165) is 37.4 Å². The molecule has 0 bridgehead atoms. The largest absolute Gasteiger partial charge is 0.493 e. The Labute approximate surface area is 108 Å². The summed E-state index contributed by atoms with van der Waals surface area (Å²) in [4.78, 5) is 0. The van der Waals surface area contributed by atoms with Gasteiger partial charge in [-0.05, 0) is 49.2 Å². The lowest BCUT2D eigenvalue weighted by Crippen LogP contribution is -2.37. The van der Waals surface area contributed by atoms with Crippen molar-refractivity contribution in [1.29, 1.82) is 0 Å². The van der Waals surface area contributed by atoms with Crippen LogP contribution in [0.5, 0.6) is 11.5 Å². The van der Waals surface area contributed by atoms with Crippen molar-refractivity contribution >= 4 is 6.08 Å². The Morgan fingerprint density at radius 3 is 2.39 bits per heavy atom. The molecule has 2 aliphatic rings. The number of hydrogen-bond donors (Lipinski definition) is 1. The number of fused-ring (bicyclic) bond motifs is 2. The van der Waals surface area contributed by atoms with Gasteiger partial charge in [0.05, 0.1) is 14.2 Å². The van der Waals surface area contributed by atoms with Crippen molar-refractivity contribution in [2.45, 2.75) is 18.3 Å². The number of nitrogens with one attached hydrogen (secondary N) is 1. The van der Waals surface area contributed by atoms with Crippen molar-refractivity contribution in [3.8, 4) is 11.5 Å². The summed E-state index contributed by atoms with van der Waals surface area (Å²) in [6.45, 7) is 2.16. The van der Waals surface area contributed by atoms with E-state index in [1.54, 1.807) is 14.2 Å². The molecule has 1 aliphatic heterocycles. The van der Waals surface area contributed by atoms with E-state index in [-0.39, 0.29) is 5.41 Å². The first-order valence-electron chi connectivity index (χ1n) is 6.45. The fourth-order valence-electron chi connectivity index (χ4n) is 3.11. The number of ether oxygens (including phenoxy) is 2. The standard InChI is InChI=1S/C15H19NO2/c1-17-13-9-11-3-4-15(5-7-16-8-6-15)12(11)10-14(13)18-2/h3-4,9-10,16H,5-8H2,1-2H3. The summed E-state index contributed by atoms with van der Waals surface area (Å²) in [7, 11) is 3.38. The summed E-state index contributed by atoms with van der Waals surface area (Å²) in [6.07, 6.45) is 6.90. The van der Waals surface area contributed by atoms with Crippen LogP contribution in [0.3, 0.4) is 0 Å². The highest BCUT2D eigenvalue weighted by molar-refractivity contribution is 5.69. The van der Waals surface area contributed by atoms with Crippen molar-refractivity contribution in [1.82, 2.24) is 5.32 Å². The molecule has 3 rings (SSSR count). The van der Waals surface area contributed by atoms with E-state index < -0.39 is 0 Å². The normalized spacial score (nSPS) is 19.9. The molecule has 0 saturated carbocycles. The highest BCUT2D eigenvalue weighted by Crippen LogP contribution is 2.46. The van der Waals surface area contributed by atoms with Gasteiger partial charge in [-0.2, -0.15) is 0 Å². The lowest BCUT2D eigenvalue weighted by molar-refractivity contribution is 0.349. The zero-order chi connectivity index (χ0) is 12.6. The fourth-order valence-corrected chi connectivity index (χ4v) is 3.11. The van der Waals surface area contributed by atoms with Gasteiger partial charge in [0.2, 0.25) is 0 Å². The third-order valence-corrected chi connectivity index (χ3v) is 4.17. The van der Waals surface area contributed by atoms with Crippen LogP contribution < -0.4 is 14.8 Å². The zero-order valence-corrected chi connectivity index (χ0v) is 11.0. The van der Waals surface area contributed by atoms with Gasteiger partial charge < -0.3 is 14.8 Å². The molecule has 0 atom stereocenters. The van der Waals surface area contributed by atoms with Gasteiger partial charge in [0.15, 0.2) is 11.5 Å². The van der Waals surface area contributed by atoms with Crippen LogP contribution in [0.25, 0.3) is 6.08 Å². The molecule has 1 aromatic rings. The molecule has 96 valence electrons. The maximum atomic E-state index is 5.43. The second kappa shape index (κ2) is 4.32. The van der Waals surface area contributed by atoms with Gasteiger partial charge in [-0.1, -0.05) is 12.2 Å². The predicted octanol–water partition coefficient (Wildman–Crippen LogP) is 2.35. The Hall–Kier alpha value is -1.48. The average Bonchev–Trinajstić information content (AvgIpc) is 2.76. The summed E-state index contributed by atoms with van der Waals surface area (Å²) in [5.74, 6) is 1.64. The molecule has 3 nitrogen and oxygen atoms in total. The van der Waals surface area contributed by atoms with Crippen LogP contribution in [0.4, 0.5) is 0 Å². The molecular weight excluding hydrogens is 226 g/mol. The highest BCUT2D eigenvalue weighted by Gasteiger charge is 2.36. The maximum Gasteiger partial charge on any atom is 0.161 e. The summed E-state index contributed by atoms with van der Waals surface area (Å²) in [6, 6.07) is 4.24. The Bertz CT molecular complexity index is 488. The maximum absolute atomic E-state index is 5.43. The number of hydrogen-bond acceptors (Lipinski definition) is 3. The lowest BCUT2D eigenvalue weighted by atomic mass is 9.75. The summed E-state index contributed by atoms with van der Waals surface area (Å²) >= 11 is 0. The summed E-state index contributed by atoms with van der Waals surface area (Å²) in [5.41, 5.74) is 2.87. The monoisotopic (exact) mass is 245 g/mol. The summed E-state index contributed by atoms with van der Waals surface area (Å²) in [5, 5.41) is 3.43. The number of rotatable bonds is 2. The Morgan fingerprint density at radius 1 is 1.06 bits per heavy atom. The van der Waals surface area contributed by atoms with E-state index in [0.29, 0.717) is 0 Å². The fraction of sp³-hybridized carbons (Fsp3) is 0.467. The van der Waals surface area contributed by atoms with Crippen LogP contribution in [0.2, 0.25) is 0 Å². The topological polar surface area (TPSA) is 30.5 Å². The summed E-state index contributed by atoms with van der Waals surface area (Å²) < 4.78 is 10.8. The van der Waals surface area contributed by atoms with Crippen molar-refractivity contribution in [2.24, 2.45) is 0 Å². The van der Waals surface area contributed by atoms with E-state index in [2.05, 4.69) is 29.6 Å². The van der Waals surface area contributed by atoms with Gasteiger partial charge >= 0.3 is 0 Å². The number of methoxy groups -OCH3 is 2. The minimum Gasteiger partial charge on any atom is -0.493 e. The van der Waals surface area contributed by atoms with Crippen molar-refractivity contribution in [3.05, 3.63) is 29.3 Å². The van der Waals surface area contributed by atoms with Gasteiger partial charge in [0, 0.05) is 5.41 Å². The first-order chi connectivity index (χ1) is 8.79. The quantitative estimate of drug-likeness (QED) is 0.867. The van der Waals surface area contributed by atoms with E-state index in [1.807, 2.05) is 0 Å². The van der Waals surface area contributed by atoms with Gasteiger partial charge in [-0.15, -0.1) is 0 Å². The SMILES string of the molecule is COc1cc2c(cc1OC)C1(C=C2)CCNCC1. The molecular formula is C15H19NO2. The molecule has 1 heterocycles. The Balaban J connectivity index is 2.07. The second-order valence-corrected chi connectivity index (χ2v) is 5.03. The van der Waals surface area contributed by atoms with E-state index >= 15 is 0 Å². The first-order valence-corrected chi connectivity index (χ1v) is 6.45. The highest BCUT2D eigenvalue weighted by atomic mass is 16.5. The number of benzene rings is 1. The molecule has 1 aliphatic carbocycles. The van der Waals surface area contributed by atoms with Crippen LogP contribution in [-0.2, 0) is 5.41 Å². The minimum absolute atomic E-state index is 0.208. The minimum atomic E-state index is 0.208. The van der Waals surface area contributed by atoms with Gasteiger partial charge in [-0.3, -0.25) is 0 Å². The third kappa shape index (κ3) is 1.62. The van der Waals surface area contributed by atoms with Crippen LogP contribution in [-0.4, -0.2) is 27.3 Å². The Kier molecular flexibility index (Phi) is 2.78. The van der Waals surface area contributed by atoms with E-state index in [1.165, 1.54) is 11.1 Å². The molecule has 1 fully saturated rings. The van der Waals surface area contributed by atoms with Crippen molar-refractivity contribution in [3.63, 3.8) is 0 Å². The van der Waals surface area contributed by atoms with Crippen molar-refractivity contribution in [2.75, 3.05) is 27.3 Å². The zero-order valence-electron chi connectivity index (χ0n) is 11.0. The molecule has 1 N–H and O–H groups in total. The van der Waals surface area contributed by atoms with Crippen LogP contribution >= 0.6 is 0 Å². The van der Waals surface area contributed by atoms with Crippen molar-refractivity contribution < 1.29 is 9.47 Å². The van der Waals surface area contributed by atoms with Gasteiger partial charge in [-0.25, -0.2) is 0 Å². The first kappa shape index (κ1) is 11.6. The van der Waals surface area contributed by atoms with Gasteiger partial charge in [0.1, 0.15) is 0 Å². The molecule has 18 heavy (non-hydrogen) atoms. The molecule has 0 aromatic heterocycles. The smallest absolute Gasteiger partial charge is 0.161 e. The van der Waals surface area contributed by atoms with Crippen LogP contribution in [0.15, 0.2) is 18.2 Å². The molecule has 1 spiro atoms. The van der Waals surface area contributed by atoms with Crippen LogP contribution in [0.1, 0.15) is 24.0 Å². The molecule has 0 amide bonds. The molecule has 1 saturated heterocycles. The third-order valence-electron chi connectivity index (χ3n) is 4.17. The average molecular weight is 245 g/mol. The van der Waals surface area contributed by atoms with Gasteiger partial charge in [0.25, 0.3) is 0 Å². The number of allylic oxidation sites excluding steroid dienone is 1. The van der Waals surface area contributed by atoms with E-state index in [4.69, 9.17) is 9.47 Å². The van der Waals surface area contributed by atoms with Crippen LogP contribution in [0, 0.1) is 0 Å². The predicted molar refractivity (Wildman–Crippen MR) is 72.4 cm³/mol. The molecule has 1 aromatic carbocycles. The molecule has 3 heteroatoms. The second-order valence-electron chi connectivity index (χ2n) is 5.03. The lowest BCUT2D eigenvalue weighted by Gasteiger charge is -2.34.